The molecule has 0 amide bonds. The standard InChI is InChI=1S/C12H15ClO4/c1-12(2,11(15)16)6-7-8(13)4-5-9(17-3)10(7)14/h4-5,14H,6H2,1-3H3,(H,15,16). The van der Waals surface area contributed by atoms with E-state index in [-0.39, 0.29) is 17.9 Å². The molecule has 94 valence electrons. The number of halogens is 1. The fourth-order valence-corrected chi connectivity index (χ4v) is 1.66. The molecule has 0 aliphatic rings. The summed E-state index contributed by atoms with van der Waals surface area (Å²) in [6, 6.07) is 3.11. The van der Waals surface area contributed by atoms with Crippen LogP contribution in [-0.4, -0.2) is 23.3 Å². The number of carboxylic acid groups (broad SMARTS) is 1. The largest absolute Gasteiger partial charge is 0.504 e. The van der Waals surface area contributed by atoms with Gasteiger partial charge in [0.1, 0.15) is 0 Å². The van der Waals surface area contributed by atoms with E-state index < -0.39 is 11.4 Å². The lowest BCUT2D eigenvalue weighted by molar-refractivity contribution is -0.146. The van der Waals surface area contributed by atoms with Gasteiger partial charge in [0.2, 0.25) is 0 Å². The third-order valence-corrected chi connectivity index (χ3v) is 2.96. The summed E-state index contributed by atoms with van der Waals surface area (Å²) in [5.41, 5.74) is -0.619. The van der Waals surface area contributed by atoms with Crippen molar-refractivity contribution in [1.29, 1.82) is 0 Å². The first kappa shape index (κ1) is 13.6. The van der Waals surface area contributed by atoms with Gasteiger partial charge in [0.15, 0.2) is 11.5 Å². The van der Waals surface area contributed by atoms with Gasteiger partial charge >= 0.3 is 5.97 Å². The highest BCUT2D eigenvalue weighted by Gasteiger charge is 2.30. The molecule has 0 aromatic heterocycles. The Bertz CT molecular complexity index is 440. The second-order valence-electron chi connectivity index (χ2n) is 4.44. The molecule has 1 aromatic rings. The van der Waals surface area contributed by atoms with Gasteiger partial charge < -0.3 is 14.9 Å². The Labute approximate surface area is 105 Å². The molecule has 0 heterocycles. The minimum Gasteiger partial charge on any atom is -0.504 e. The summed E-state index contributed by atoms with van der Waals surface area (Å²) in [6.45, 7) is 3.15. The predicted octanol–water partition coefficient (Wildman–Crippen LogP) is 2.71. The van der Waals surface area contributed by atoms with Crippen molar-refractivity contribution in [3.05, 3.63) is 22.7 Å². The molecule has 5 heteroatoms. The predicted molar refractivity (Wildman–Crippen MR) is 64.8 cm³/mol. The van der Waals surface area contributed by atoms with Gasteiger partial charge in [-0.2, -0.15) is 0 Å². The van der Waals surface area contributed by atoms with Crippen LogP contribution in [0.1, 0.15) is 19.4 Å². The molecule has 0 aliphatic carbocycles. The highest BCUT2D eigenvalue weighted by molar-refractivity contribution is 6.31. The Balaban J connectivity index is 3.18. The zero-order chi connectivity index (χ0) is 13.2. The van der Waals surface area contributed by atoms with Crippen LogP contribution in [0.15, 0.2) is 12.1 Å². The fraction of sp³-hybridized carbons (Fsp3) is 0.417. The van der Waals surface area contributed by atoms with Crippen LogP contribution in [0.3, 0.4) is 0 Å². The third kappa shape index (κ3) is 2.82. The first-order chi connectivity index (χ1) is 7.79. The number of hydrogen-bond acceptors (Lipinski definition) is 3. The normalized spacial score (nSPS) is 11.3. The van der Waals surface area contributed by atoms with Gasteiger partial charge in [-0.15, -0.1) is 0 Å². The highest BCUT2D eigenvalue weighted by atomic mass is 35.5. The quantitative estimate of drug-likeness (QED) is 0.871. The topological polar surface area (TPSA) is 66.8 Å². The number of hydrogen-bond donors (Lipinski definition) is 2. The molecular formula is C12H15ClO4. The van der Waals surface area contributed by atoms with E-state index in [2.05, 4.69) is 0 Å². The summed E-state index contributed by atoms with van der Waals surface area (Å²) in [6.07, 6.45) is 0.129. The van der Waals surface area contributed by atoms with E-state index in [0.717, 1.165) is 0 Å². The first-order valence-electron chi connectivity index (χ1n) is 5.07. The molecule has 1 rings (SSSR count). The van der Waals surface area contributed by atoms with Gasteiger partial charge in [-0.1, -0.05) is 11.6 Å². The smallest absolute Gasteiger partial charge is 0.309 e. The molecule has 17 heavy (non-hydrogen) atoms. The maximum Gasteiger partial charge on any atom is 0.309 e. The van der Waals surface area contributed by atoms with Crippen LogP contribution in [0.5, 0.6) is 11.5 Å². The Kier molecular flexibility index (Phi) is 3.88. The van der Waals surface area contributed by atoms with E-state index in [9.17, 15) is 9.90 Å². The lowest BCUT2D eigenvalue weighted by Gasteiger charge is -2.21. The number of benzene rings is 1. The van der Waals surface area contributed by atoms with Crippen LogP contribution in [0.4, 0.5) is 0 Å². The third-order valence-electron chi connectivity index (χ3n) is 2.61. The molecule has 0 bridgehead atoms. The molecule has 0 aliphatic heterocycles. The van der Waals surface area contributed by atoms with Crippen molar-refractivity contribution in [3.63, 3.8) is 0 Å². The van der Waals surface area contributed by atoms with Crippen LogP contribution in [0.2, 0.25) is 5.02 Å². The average Bonchev–Trinajstić information content (AvgIpc) is 2.24. The molecule has 4 nitrogen and oxygen atoms in total. The van der Waals surface area contributed by atoms with Crippen molar-refractivity contribution >= 4 is 17.6 Å². The summed E-state index contributed by atoms with van der Waals surface area (Å²) in [5, 5.41) is 19.3. The molecule has 1 aromatic carbocycles. The Morgan fingerprint density at radius 2 is 2.06 bits per heavy atom. The maximum atomic E-state index is 11.0. The van der Waals surface area contributed by atoms with Crippen LogP contribution in [0.25, 0.3) is 0 Å². The van der Waals surface area contributed by atoms with E-state index in [1.807, 2.05) is 0 Å². The molecule has 0 fully saturated rings. The van der Waals surface area contributed by atoms with E-state index in [1.54, 1.807) is 19.9 Å². The van der Waals surface area contributed by atoms with Gasteiger partial charge in [0, 0.05) is 10.6 Å². The molecule has 0 atom stereocenters. The summed E-state index contributed by atoms with van der Waals surface area (Å²) < 4.78 is 4.96. The summed E-state index contributed by atoms with van der Waals surface area (Å²) in [5.74, 6) is -0.768. The minimum absolute atomic E-state index is 0.102. The molecule has 2 N–H and O–H groups in total. The molecular weight excluding hydrogens is 244 g/mol. The Morgan fingerprint density at radius 3 is 2.53 bits per heavy atom. The number of phenols is 1. The van der Waals surface area contributed by atoms with E-state index >= 15 is 0 Å². The number of phenolic OH excluding ortho intramolecular Hbond substituents is 1. The SMILES string of the molecule is COc1ccc(Cl)c(CC(C)(C)C(=O)O)c1O. The first-order valence-corrected chi connectivity index (χ1v) is 5.45. The monoisotopic (exact) mass is 258 g/mol. The number of rotatable bonds is 4. The van der Waals surface area contributed by atoms with Crippen molar-refractivity contribution in [1.82, 2.24) is 0 Å². The fourth-order valence-electron chi connectivity index (χ4n) is 1.44. The van der Waals surface area contributed by atoms with Crippen molar-refractivity contribution in [2.45, 2.75) is 20.3 Å². The number of carbonyl (C=O) groups is 1. The maximum absolute atomic E-state index is 11.0. The lowest BCUT2D eigenvalue weighted by Crippen LogP contribution is -2.26. The zero-order valence-corrected chi connectivity index (χ0v) is 10.7. The summed E-state index contributed by atoms with van der Waals surface area (Å²) >= 11 is 5.96. The highest BCUT2D eigenvalue weighted by Crippen LogP contribution is 2.38. The van der Waals surface area contributed by atoms with Crippen molar-refractivity contribution < 1.29 is 19.7 Å². The number of methoxy groups -OCH3 is 1. The van der Waals surface area contributed by atoms with Crippen LogP contribution < -0.4 is 4.74 Å². The number of aromatic hydroxyl groups is 1. The molecule has 0 unspecified atom stereocenters. The van der Waals surface area contributed by atoms with Crippen molar-refractivity contribution in [2.24, 2.45) is 5.41 Å². The van der Waals surface area contributed by atoms with Crippen LogP contribution in [0, 0.1) is 5.41 Å². The number of ether oxygens (including phenoxy) is 1. The van der Waals surface area contributed by atoms with Crippen molar-refractivity contribution in [2.75, 3.05) is 7.11 Å². The van der Waals surface area contributed by atoms with Gasteiger partial charge in [0.05, 0.1) is 12.5 Å². The second kappa shape index (κ2) is 4.84. The van der Waals surface area contributed by atoms with Crippen molar-refractivity contribution in [3.8, 4) is 11.5 Å². The molecule has 0 radical (unpaired) electrons. The second-order valence-corrected chi connectivity index (χ2v) is 4.85. The number of carboxylic acids is 1. The van der Waals surface area contributed by atoms with E-state index in [0.29, 0.717) is 10.6 Å². The lowest BCUT2D eigenvalue weighted by atomic mass is 9.85. The summed E-state index contributed by atoms with van der Waals surface area (Å²) in [4.78, 5) is 11.0. The molecule has 0 saturated carbocycles. The van der Waals surface area contributed by atoms with E-state index in [1.165, 1.54) is 13.2 Å². The summed E-state index contributed by atoms with van der Waals surface area (Å²) in [7, 11) is 1.43. The van der Waals surface area contributed by atoms with Crippen LogP contribution in [-0.2, 0) is 11.2 Å². The Morgan fingerprint density at radius 1 is 1.47 bits per heavy atom. The molecule has 0 spiro atoms. The zero-order valence-electron chi connectivity index (χ0n) is 9.95. The van der Waals surface area contributed by atoms with E-state index in [4.69, 9.17) is 21.4 Å². The van der Waals surface area contributed by atoms with Gasteiger partial charge in [0.25, 0.3) is 0 Å². The van der Waals surface area contributed by atoms with Gasteiger partial charge in [-0.05, 0) is 32.4 Å². The molecule has 0 saturated heterocycles. The minimum atomic E-state index is -1.01. The number of aliphatic carboxylic acids is 1. The van der Waals surface area contributed by atoms with Gasteiger partial charge in [-0.25, -0.2) is 0 Å². The Hall–Kier alpha value is -1.42. The van der Waals surface area contributed by atoms with Gasteiger partial charge in [-0.3, -0.25) is 4.79 Å². The average molecular weight is 259 g/mol. The van der Waals surface area contributed by atoms with Crippen LogP contribution >= 0.6 is 11.6 Å².